The maximum atomic E-state index is 13.9. The molecule has 2 aliphatic carbocycles. The van der Waals surface area contributed by atoms with Crippen LogP contribution >= 0.6 is 0 Å². The second-order valence-electron chi connectivity index (χ2n) is 11.9. The van der Waals surface area contributed by atoms with Gasteiger partial charge in [0.2, 0.25) is 0 Å². The predicted molar refractivity (Wildman–Crippen MR) is 141 cm³/mol. The molecule has 2 fully saturated rings. The third kappa shape index (κ3) is 4.64. The molecule has 0 aromatic heterocycles. The first-order valence-electron chi connectivity index (χ1n) is 13.4. The van der Waals surface area contributed by atoms with Crippen molar-refractivity contribution in [2.75, 3.05) is 13.6 Å². The van der Waals surface area contributed by atoms with Crippen molar-refractivity contribution in [3.8, 4) is 0 Å². The molecule has 1 N–H and O–H groups in total. The molecule has 0 bridgehead atoms. The molecule has 0 radical (unpaired) electrons. The molecule has 194 valence electrons. The summed E-state index contributed by atoms with van der Waals surface area (Å²) in [5, 5.41) is 3.23. The molecule has 6 heteroatoms. The lowest BCUT2D eigenvalue weighted by Gasteiger charge is -2.47. The average Bonchev–Trinajstić information content (AvgIpc) is 3.35. The van der Waals surface area contributed by atoms with E-state index in [2.05, 4.69) is 76.9 Å². The molecule has 6 nitrogen and oxygen atoms in total. The third-order valence-electron chi connectivity index (χ3n) is 9.38. The highest BCUT2D eigenvalue weighted by Crippen LogP contribution is 2.48. The zero-order chi connectivity index (χ0) is 25.6. The molecular formula is C29H45N3O3. The van der Waals surface area contributed by atoms with E-state index in [0.29, 0.717) is 5.71 Å². The van der Waals surface area contributed by atoms with Gasteiger partial charge in [0.15, 0.2) is 6.29 Å². The Labute approximate surface area is 211 Å². The molecule has 4 rings (SSSR count). The van der Waals surface area contributed by atoms with Crippen molar-refractivity contribution in [3.63, 3.8) is 0 Å². The van der Waals surface area contributed by atoms with Crippen LogP contribution in [0.25, 0.3) is 0 Å². The normalized spacial score (nSPS) is 32.1. The Morgan fingerprint density at radius 1 is 1.17 bits per heavy atom. The van der Waals surface area contributed by atoms with E-state index in [1.54, 1.807) is 0 Å². The predicted octanol–water partition coefficient (Wildman–Crippen LogP) is 5.37. The van der Waals surface area contributed by atoms with E-state index in [0.717, 1.165) is 43.6 Å². The van der Waals surface area contributed by atoms with Crippen molar-refractivity contribution in [2.24, 2.45) is 22.2 Å². The van der Waals surface area contributed by atoms with Crippen LogP contribution in [-0.2, 0) is 14.3 Å². The highest BCUT2D eigenvalue weighted by molar-refractivity contribution is 6.43. The number of hydrogen-bond acceptors (Lipinski definition) is 5. The Morgan fingerprint density at radius 3 is 2.34 bits per heavy atom. The van der Waals surface area contributed by atoms with Gasteiger partial charge in [0.05, 0.1) is 11.2 Å². The number of nitrogens with one attached hydrogen (secondary N) is 1. The van der Waals surface area contributed by atoms with Crippen molar-refractivity contribution in [2.45, 2.75) is 104 Å². The molecule has 1 amide bonds. The van der Waals surface area contributed by atoms with Gasteiger partial charge in [-0.1, -0.05) is 32.1 Å². The van der Waals surface area contributed by atoms with Crippen molar-refractivity contribution < 1.29 is 14.3 Å². The number of piperidine rings is 1. The molecule has 4 aliphatic rings. The fourth-order valence-electron chi connectivity index (χ4n) is 5.89. The molecule has 0 aromatic rings. The molecule has 1 spiro atoms. The van der Waals surface area contributed by atoms with E-state index in [1.807, 2.05) is 13.1 Å². The van der Waals surface area contributed by atoms with Gasteiger partial charge < -0.3 is 19.7 Å². The van der Waals surface area contributed by atoms with Gasteiger partial charge in [-0.25, -0.2) is 4.99 Å². The van der Waals surface area contributed by atoms with Crippen LogP contribution in [-0.4, -0.2) is 53.6 Å². The summed E-state index contributed by atoms with van der Waals surface area (Å²) >= 11 is 0. The molecular weight excluding hydrogens is 438 g/mol. The summed E-state index contributed by atoms with van der Waals surface area (Å²) in [5.74, 6) is 0.327. The van der Waals surface area contributed by atoms with Gasteiger partial charge in [-0.3, -0.25) is 4.79 Å². The third-order valence-corrected chi connectivity index (χ3v) is 9.38. The van der Waals surface area contributed by atoms with Crippen LogP contribution in [0.5, 0.6) is 0 Å². The minimum Gasteiger partial charge on any atom is -0.391 e. The summed E-state index contributed by atoms with van der Waals surface area (Å²) < 4.78 is 12.6. The highest BCUT2D eigenvalue weighted by Gasteiger charge is 2.53. The van der Waals surface area contributed by atoms with Crippen LogP contribution in [0, 0.1) is 17.3 Å². The van der Waals surface area contributed by atoms with Gasteiger partial charge >= 0.3 is 0 Å². The van der Waals surface area contributed by atoms with E-state index in [-0.39, 0.29) is 46.7 Å². The fourth-order valence-corrected chi connectivity index (χ4v) is 5.89. The number of carbonyl (C=O) groups is 1. The number of aliphatic imine (C=N–C) groups is 1. The largest absolute Gasteiger partial charge is 0.391 e. The summed E-state index contributed by atoms with van der Waals surface area (Å²) in [6, 6.07) is 0.197. The molecule has 2 aliphatic heterocycles. The summed E-state index contributed by atoms with van der Waals surface area (Å²) in [7, 11) is 1.90. The highest BCUT2D eigenvalue weighted by atomic mass is 16.7. The summed E-state index contributed by atoms with van der Waals surface area (Å²) in [5.41, 5.74) is 1.95. The lowest BCUT2D eigenvalue weighted by molar-refractivity contribution is -0.131. The lowest BCUT2D eigenvalue weighted by atomic mass is 9.71. The van der Waals surface area contributed by atoms with Crippen LogP contribution in [0.1, 0.15) is 80.6 Å². The SMILES string of the molecule is CC/C(=C/C(=N\C1=CC(C2OC(C)(C)C(C)(C)O2)C1C)C(=O)N1CCCC2(CC=CC2)C1C)NC. The standard InChI is InChI=1S/C29H45N3O3/c1-9-21(30-8)17-24(25(33)32-16-12-15-29(20(32)3)13-10-11-14-29)31-23-18-22(19(23)2)26-34-27(4,5)28(6,7)35-26/h10-11,17-20,22,26,30H,9,12-16H2,1-8H3/b21-17-,31-24+. The van der Waals surface area contributed by atoms with Crippen molar-refractivity contribution in [1.29, 1.82) is 0 Å². The number of ether oxygens (including phenoxy) is 2. The van der Waals surface area contributed by atoms with Crippen LogP contribution in [0.3, 0.4) is 0 Å². The van der Waals surface area contributed by atoms with E-state index in [9.17, 15) is 4.79 Å². The van der Waals surface area contributed by atoms with E-state index in [1.165, 1.54) is 6.42 Å². The van der Waals surface area contributed by atoms with Gasteiger partial charge in [0.25, 0.3) is 5.91 Å². The fraction of sp³-hybridized carbons (Fsp3) is 0.724. The van der Waals surface area contributed by atoms with Crippen LogP contribution < -0.4 is 5.32 Å². The van der Waals surface area contributed by atoms with Crippen LogP contribution in [0.4, 0.5) is 0 Å². The maximum absolute atomic E-state index is 13.9. The topological polar surface area (TPSA) is 63.2 Å². The second kappa shape index (κ2) is 9.51. The van der Waals surface area contributed by atoms with E-state index in [4.69, 9.17) is 14.5 Å². The number of amides is 1. The Balaban J connectivity index is 1.59. The van der Waals surface area contributed by atoms with Gasteiger partial charge in [-0.05, 0) is 78.2 Å². The zero-order valence-corrected chi connectivity index (χ0v) is 23.0. The molecule has 35 heavy (non-hydrogen) atoms. The van der Waals surface area contributed by atoms with Crippen molar-refractivity contribution in [3.05, 3.63) is 35.7 Å². The molecule has 2 saturated heterocycles. The Kier molecular flexibility index (Phi) is 7.11. The number of carbonyl (C=O) groups excluding carboxylic acids is 1. The van der Waals surface area contributed by atoms with Gasteiger partial charge in [-0.2, -0.15) is 0 Å². The smallest absolute Gasteiger partial charge is 0.272 e. The van der Waals surface area contributed by atoms with Gasteiger partial charge in [0, 0.05) is 42.9 Å². The summed E-state index contributed by atoms with van der Waals surface area (Å²) in [6.07, 6.45) is 13.5. The number of nitrogens with zero attached hydrogens (tertiary/aromatic N) is 2. The molecule has 0 saturated carbocycles. The van der Waals surface area contributed by atoms with Crippen molar-refractivity contribution in [1.82, 2.24) is 10.2 Å². The van der Waals surface area contributed by atoms with E-state index < -0.39 is 0 Å². The molecule has 0 aromatic carbocycles. The monoisotopic (exact) mass is 483 g/mol. The minimum atomic E-state index is -0.355. The van der Waals surface area contributed by atoms with Gasteiger partial charge in [0.1, 0.15) is 5.71 Å². The summed E-state index contributed by atoms with van der Waals surface area (Å²) in [6.45, 7) is 15.6. The first-order chi connectivity index (χ1) is 16.4. The quantitative estimate of drug-likeness (QED) is 0.408. The van der Waals surface area contributed by atoms with Crippen LogP contribution in [0.15, 0.2) is 40.7 Å². The zero-order valence-electron chi connectivity index (χ0n) is 23.0. The number of allylic oxidation sites excluding steroid dienone is 4. The Morgan fingerprint density at radius 2 is 1.80 bits per heavy atom. The number of rotatable bonds is 6. The van der Waals surface area contributed by atoms with Gasteiger partial charge in [-0.15, -0.1) is 0 Å². The average molecular weight is 484 g/mol. The minimum absolute atomic E-state index is 0.0388. The molecule has 3 unspecified atom stereocenters. The van der Waals surface area contributed by atoms with Crippen molar-refractivity contribution >= 4 is 11.6 Å². The van der Waals surface area contributed by atoms with E-state index >= 15 is 0 Å². The Hall–Kier alpha value is -1.92. The summed E-state index contributed by atoms with van der Waals surface area (Å²) in [4.78, 5) is 21.0. The maximum Gasteiger partial charge on any atom is 0.272 e. The number of hydrogen-bond donors (Lipinski definition) is 1. The first kappa shape index (κ1) is 26.2. The Bertz CT molecular complexity index is 928. The van der Waals surface area contributed by atoms with Crippen LogP contribution in [0.2, 0.25) is 0 Å². The lowest BCUT2D eigenvalue weighted by Crippen LogP contribution is -2.54. The second-order valence-corrected chi connectivity index (χ2v) is 11.9. The molecule has 2 heterocycles. The molecule has 3 atom stereocenters. The number of likely N-dealkylation sites (tertiary alicyclic amines) is 1. The first-order valence-corrected chi connectivity index (χ1v) is 13.4.